The number of benzene rings is 1. The van der Waals surface area contributed by atoms with Gasteiger partial charge in [0.05, 0.1) is 18.8 Å². The second-order valence-corrected chi connectivity index (χ2v) is 2.93. The van der Waals surface area contributed by atoms with Crippen LogP contribution in [0.2, 0.25) is 0 Å². The van der Waals surface area contributed by atoms with Crippen molar-refractivity contribution in [3.05, 3.63) is 36.1 Å². The van der Waals surface area contributed by atoms with E-state index in [1.54, 1.807) is 30.5 Å². The second kappa shape index (κ2) is 3.35. The lowest BCUT2D eigenvalue weighted by atomic mass is 10.1. The van der Waals surface area contributed by atoms with Crippen LogP contribution in [0, 0.1) is 11.3 Å². The average Bonchev–Trinajstić information content (AvgIpc) is 2.64. The van der Waals surface area contributed by atoms with Crippen molar-refractivity contribution in [2.45, 2.75) is 6.42 Å². The molecule has 1 aromatic heterocycles. The second-order valence-electron chi connectivity index (χ2n) is 2.93. The maximum absolute atomic E-state index is 11.4. The van der Waals surface area contributed by atoms with E-state index in [1.165, 1.54) is 0 Å². The van der Waals surface area contributed by atoms with Gasteiger partial charge in [-0.2, -0.15) is 5.26 Å². The van der Waals surface area contributed by atoms with Crippen LogP contribution >= 0.6 is 0 Å². The van der Waals surface area contributed by atoms with Gasteiger partial charge in [0, 0.05) is 10.9 Å². The molecule has 0 saturated carbocycles. The monoisotopic (exact) mass is 185 g/mol. The molecule has 0 bridgehead atoms. The van der Waals surface area contributed by atoms with Crippen molar-refractivity contribution in [1.29, 1.82) is 5.26 Å². The van der Waals surface area contributed by atoms with Crippen LogP contribution < -0.4 is 0 Å². The summed E-state index contributed by atoms with van der Waals surface area (Å²) in [4.78, 5) is 11.4. The summed E-state index contributed by atoms with van der Waals surface area (Å²) < 4.78 is 5.14. The molecule has 0 spiro atoms. The van der Waals surface area contributed by atoms with Crippen LogP contribution in [0.4, 0.5) is 0 Å². The normalized spacial score (nSPS) is 9.93. The van der Waals surface area contributed by atoms with E-state index >= 15 is 0 Å². The van der Waals surface area contributed by atoms with E-state index in [9.17, 15) is 4.79 Å². The maximum atomic E-state index is 11.4. The number of ketones is 1. The number of nitriles is 1. The third kappa shape index (κ3) is 1.38. The summed E-state index contributed by atoms with van der Waals surface area (Å²) in [7, 11) is 0. The molecular weight excluding hydrogens is 178 g/mol. The topological polar surface area (TPSA) is 54.0 Å². The summed E-state index contributed by atoms with van der Waals surface area (Å²) in [5.74, 6) is -0.157. The summed E-state index contributed by atoms with van der Waals surface area (Å²) in [5.41, 5.74) is 1.30. The highest BCUT2D eigenvalue weighted by molar-refractivity contribution is 6.00. The molecule has 0 aliphatic carbocycles. The van der Waals surface area contributed by atoms with Crippen molar-refractivity contribution in [2.75, 3.05) is 0 Å². The zero-order chi connectivity index (χ0) is 9.97. The minimum atomic E-state index is -0.157. The van der Waals surface area contributed by atoms with Gasteiger partial charge in [-0.25, -0.2) is 0 Å². The van der Waals surface area contributed by atoms with Crippen molar-refractivity contribution in [3.8, 4) is 6.07 Å². The molecular formula is C11H7NO2. The first-order chi connectivity index (χ1) is 6.81. The van der Waals surface area contributed by atoms with E-state index in [0.29, 0.717) is 5.56 Å². The van der Waals surface area contributed by atoms with Crippen LogP contribution in [-0.2, 0) is 0 Å². The fraction of sp³-hybridized carbons (Fsp3) is 0.0909. The van der Waals surface area contributed by atoms with Gasteiger partial charge in [-0.1, -0.05) is 0 Å². The van der Waals surface area contributed by atoms with E-state index in [2.05, 4.69) is 0 Å². The van der Waals surface area contributed by atoms with Crippen LogP contribution in [0.5, 0.6) is 0 Å². The van der Waals surface area contributed by atoms with Crippen LogP contribution in [0.3, 0.4) is 0 Å². The molecule has 0 aliphatic heterocycles. The Bertz CT molecular complexity index is 519. The molecule has 0 amide bonds. The van der Waals surface area contributed by atoms with Gasteiger partial charge in [0.2, 0.25) is 0 Å². The molecule has 0 atom stereocenters. The smallest absolute Gasteiger partial charge is 0.176 e. The van der Waals surface area contributed by atoms with Gasteiger partial charge in [0.15, 0.2) is 5.78 Å². The lowest BCUT2D eigenvalue weighted by molar-refractivity contribution is 0.0998. The summed E-state index contributed by atoms with van der Waals surface area (Å²) >= 11 is 0. The van der Waals surface area contributed by atoms with Gasteiger partial charge in [-0.15, -0.1) is 0 Å². The van der Waals surface area contributed by atoms with Crippen LogP contribution in [-0.4, -0.2) is 5.78 Å². The van der Waals surface area contributed by atoms with Gasteiger partial charge in [0.1, 0.15) is 5.58 Å². The summed E-state index contributed by atoms with van der Waals surface area (Å²) in [6.07, 6.45) is 1.49. The van der Waals surface area contributed by atoms with Crippen molar-refractivity contribution in [3.63, 3.8) is 0 Å². The maximum Gasteiger partial charge on any atom is 0.176 e. The Morgan fingerprint density at radius 2 is 2.29 bits per heavy atom. The lowest BCUT2D eigenvalue weighted by Gasteiger charge is -1.95. The molecule has 0 aliphatic rings. The van der Waals surface area contributed by atoms with Crippen molar-refractivity contribution in [1.82, 2.24) is 0 Å². The number of rotatable bonds is 2. The van der Waals surface area contributed by atoms with Gasteiger partial charge in [-0.05, 0) is 24.3 Å². The fourth-order valence-corrected chi connectivity index (χ4v) is 1.31. The largest absolute Gasteiger partial charge is 0.464 e. The number of fused-ring (bicyclic) bond motifs is 1. The summed E-state index contributed by atoms with van der Waals surface area (Å²) in [5, 5.41) is 9.27. The van der Waals surface area contributed by atoms with Crippen molar-refractivity contribution >= 4 is 16.8 Å². The van der Waals surface area contributed by atoms with E-state index < -0.39 is 0 Å². The van der Waals surface area contributed by atoms with E-state index in [-0.39, 0.29) is 12.2 Å². The Kier molecular flexibility index (Phi) is 2.04. The van der Waals surface area contributed by atoms with Crippen LogP contribution in [0.15, 0.2) is 34.9 Å². The number of nitrogens with zero attached hydrogens (tertiary/aromatic N) is 1. The Balaban J connectivity index is 2.44. The first-order valence-corrected chi connectivity index (χ1v) is 4.18. The zero-order valence-corrected chi connectivity index (χ0v) is 7.36. The number of furan rings is 1. The third-order valence-electron chi connectivity index (χ3n) is 2.01. The molecule has 68 valence electrons. The molecule has 0 N–H and O–H groups in total. The number of carbonyl (C=O) groups is 1. The van der Waals surface area contributed by atoms with E-state index in [0.717, 1.165) is 11.0 Å². The first-order valence-electron chi connectivity index (χ1n) is 4.18. The molecule has 0 saturated heterocycles. The van der Waals surface area contributed by atoms with Crippen LogP contribution in [0.25, 0.3) is 11.0 Å². The Morgan fingerprint density at radius 3 is 3.07 bits per heavy atom. The number of carbonyl (C=O) groups excluding carboxylic acids is 1. The zero-order valence-electron chi connectivity index (χ0n) is 7.36. The molecule has 0 fully saturated rings. The highest BCUT2D eigenvalue weighted by Gasteiger charge is 2.06. The van der Waals surface area contributed by atoms with Crippen molar-refractivity contribution < 1.29 is 9.21 Å². The number of hydrogen-bond acceptors (Lipinski definition) is 3. The molecule has 0 unspecified atom stereocenters. The summed E-state index contributed by atoms with van der Waals surface area (Å²) in [6, 6.07) is 8.77. The van der Waals surface area contributed by atoms with Gasteiger partial charge in [0.25, 0.3) is 0 Å². The number of Topliss-reactive ketones (excluding diaryl/α,β-unsaturated/α-hetero) is 1. The minimum absolute atomic E-state index is 0.0800. The molecule has 3 heteroatoms. The molecule has 2 rings (SSSR count). The Hall–Kier alpha value is -2.08. The molecule has 14 heavy (non-hydrogen) atoms. The number of hydrogen-bond donors (Lipinski definition) is 0. The lowest BCUT2D eigenvalue weighted by Crippen LogP contribution is -1.96. The SMILES string of the molecule is N#CCC(=O)c1ccc2occc2c1. The summed E-state index contributed by atoms with van der Waals surface area (Å²) in [6.45, 7) is 0. The van der Waals surface area contributed by atoms with Crippen LogP contribution in [0.1, 0.15) is 16.8 Å². The Morgan fingerprint density at radius 1 is 1.43 bits per heavy atom. The third-order valence-corrected chi connectivity index (χ3v) is 2.01. The first kappa shape index (κ1) is 8.52. The van der Waals surface area contributed by atoms with E-state index in [1.807, 2.05) is 6.07 Å². The average molecular weight is 185 g/mol. The molecule has 1 aromatic carbocycles. The molecule has 3 nitrogen and oxygen atoms in total. The molecule has 1 heterocycles. The Labute approximate surface area is 80.6 Å². The van der Waals surface area contributed by atoms with Crippen molar-refractivity contribution in [2.24, 2.45) is 0 Å². The predicted octanol–water partition coefficient (Wildman–Crippen LogP) is 2.53. The highest BCUT2D eigenvalue weighted by atomic mass is 16.3. The van der Waals surface area contributed by atoms with Gasteiger partial charge >= 0.3 is 0 Å². The standard InChI is InChI=1S/C11H7NO2/c12-5-3-10(13)8-1-2-11-9(7-8)4-6-14-11/h1-2,4,6-7H,3H2. The van der Waals surface area contributed by atoms with E-state index in [4.69, 9.17) is 9.68 Å². The molecule has 2 aromatic rings. The fourth-order valence-electron chi connectivity index (χ4n) is 1.31. The highest BCUT2D eigenvalue weighted by Crippen LogP contribution is 2.17. The quantitative estimate of drug-likeness (QED) is 0.675. The molecule has 0 radical (unpaired) electrons. The van der Waals surface area contributed by atoms with Gasteiger partial charge < -0.3 is 4.42 Å². The minimum Gasteiger partial charge on any atom is -0.464 e. The van der Waals surface area contributed by atoms with Gasteiger partial charge in [-0.3, -0.25) is 4.79 Å². The predicted molar refractivity (Wildman–Crippen MR) is 50.8 cm³/mol.